The van der Waals surface area contributed by atoms with Gasteiger partial charge in [-0.25, -0.2) is 9.59 Å². The Kier molecular flexibility index (Phi) is 11.2. The zero-order valence-corrected chi connectivity index (χ0v) is 19.1. The number of hydrogen-bond acceptors (Lipinski definition) is 4. The van der Waals surface area contributed by atoms with Gasteiger partial charge in [-0.2, -0.15) is 0 Å². The summed E-state index contributed by atoms with van der Waals surface area (Å²) in [6, 6.07) is 9.36. The van der Waals surface area contributed by atoms with Gasteiger partial charge in [-0.3, -0.25) is 4.90 Å². The zero-order chi connectivity index (χ0) is 21.9. The van der Waals surface area contributed by atoms with E-state index >= 15 is 0 Å². The molecule has 29 heavy (non-hydrogen) atoms. The van der Waals surface area contributed by atoms with Crippen LogP contribution in [0.15, 0.2) is 40.9 Å². The van der Waals surface area contributed by atoms with Gasteiger partial charge < -0.3 is 15.5 Å². The van der Waals surface area contributed by atoms with Gasteiger partial charge in [0, 0.05) is 29.2 Å². The number of carboxylic acid groups (broad SMARTS) is 2. The Morgan fingerprint density at radius 3 is 2.17 bits per heavy atom. The molecule has 1 aromatic carbocycles. The number of benzene rings is 1. The van der Waals surface area contributed by atoms with Crippen molar-refractivity contribution in [1.82, 2.24) is 10.2 Å². The SMILES string of the molecule is CC(C)(C)CCN(Cc1ccccc1Br)C1CCNCC1.O=C(O)C=CC(=O)O. The molecule has 0 saturated carbocycles. The lowest BCUT2D eigenvalue weighted by Crippen LogP contribution is -2.43. The minimum atomic E-state index is -1.26. The summed E-state index contributed by atoms with van der Waals surface area (Å²) >= 11 is 3.70. The summed E-state index contributed by atoms with van der Waals surface area (Å²) in [5, 5.41) is 19.1. The van der Waals surface area contributed by atoms with Gasteiger partial charge in [0.25, 0.3) is 0 Å². The summed E-state index contributed by atoms with van der Waals surface area (Å²) in [6.45, 7) is 11.6. The lowest BCUT2D eigenvalue weighted by atomic mass is 9.91. The van der Waals surface area contributed by atoms with Crippen LogP contribution < -0.4 is 5.32 Å². The van der Waals surface area contributed by atoms with Crippen LogP contribution in [0.4, 0.5) is 0 Å². The highest BCUT2D eigenvalue weighted by atomic mass is 79.9. The normalized spacial score (nSPS) is 15.2. The number of piperidine rings is 1. The number of carbonyl (C=O) groups is 2. The third-order valence-electron chi connectivity index (χ3n) is 4.67. The van der Waals surface area contributed by atoms with E-state index in [1.54, 1.807) is 0 Å². The molecule has 0 bridgehead atoms. The fraction of sp³-hybridized carbons (Fsp3) is 0.545. The molecule has 1 fully saturated rings. The zero-order valence-electron chi connectivity index (χ0n) is 17.5. The van der Waals surface area contributed by atoms with Crippen molar-refractivity contribution in [2.45, 2.75) is 52.6 Å². The van der Waals surface area contributed by atoms with E-state index in [0.717, 1.165) is 25.7 Å². The average molecular weight is 469 g/mol. The van der Waals surface area contributed by atoms with Crippen LogP contribution in [0.1, 0.15) is 45.6 Å². The molecule has 1 aliphatic heterocycles. The van der Waals surface area contributed by atoms with Crippen LogP contribution >= 0.6 is 15.9 Å². The van der Waals surface area contributed by atoms with Crippen LogP contribution in [-0.2, 0) is 16.1 Å². The first kappa shape index (κ1) is 25.3. The molecule has 6 nitrogen and oxygen atoms in total. The number of hydrogen-bond donors (Lipinski definition) is 3. The van der Waals surface area contributed by atoms with Crippen molar-refractivity contribution >= 4 is 27.9 Å². The molecule has 0 spiro atoms. The molecule has 1 saturated heterocycles. The van der Waals surface area contributed by atoms with Gasteiger partial charge in [-0.1, -0.05) is 54.9 Å². The Labute approximate surface area is 182 Å². The van der Waals surface area contributed by atoms with E-state index in [-0.39, 0.29) is 0 Å². The second-order valence-electron chi connectivity index (χ2n) is 8.36. The largest absolute Gasteiger partial charge is 0.478 e. The van der Waals surface area contributed by atoms with E-state index in [0.29, 0.717) is 17.6 Å². The van der Waals surface area contributed by atoms with Crippen LogP contribution in [0.2, 0.25) is 0 Å². The molecule has 2 rings (SSSR count). The van der Waals surface area contributed by atoms with E-state index in [1.807, 2.05) is 0 Å². The summed E-state index contributed by atoms with van der Waals surface area (Å²) < 4.78 is 1.24. The molecule has 1 aliphatic rings. The second-order valence-corrected chi connectivity index (χ2v) is 9.22. The highest BCUT2D eigenvalue weighted by Crippen LogP contribution is 2.25. The number of aliphatic carboxylic acids is 2. The van der Waals surface area contributed by atoms with E-state index in [1.165, 1.54) is 35.8 Å². The van der Waals surface area contributed by atoms with Crippen LogP contribution in [0, 0.1) is 5.41 Å². The Balaban J connectivity index is 0.000000447. The summed E-state index contributed by atoms with van der Waals surface area (Å²) in [7, 11) is 0. The molecule has 3 N–H and O–H groups in total. The molecule has 0 unspecified atom stereocenters. The molecule has 0 atom stereocenters. The van der Waals surface area contributed by atoms with Crippen molar-refractivity contribution in [3.8, 4) is 0 Å². The maximum absolute atomic E-state index is 9.55. The lowest BCUT2D eigenvalue weighted by molar-refractivity contribution is -0.134. The van der Waals surface area contributed by atoms with E-state index in [2.05, 4.69) is 71.2 Å². The highest BCUT2D eigenvalue weighted by Gasteiger charge is 2.23. The Morgan fingerprint density at radius 1 is 1.14 bits per heavy atom. The minimum absolute atomic E-state index is 0.402. The molecule has 0 radical (unpaired) electrons. The Morgan fingerprint density at radius 2 is 1.69 bits per heavy atom. The highest BCUT2D eigenvalue weighted by molar-refractivity contribution is 9.10. The Hall–Kier alpha value is -1.70. The predicted octanol–water partition coefficient (Wildman–Crippen LogP) is 4.15. The topological polar surface area (TPSA) is 89.9 Å². The third-order valence-corrected chi connectivity index (χ3v) is 5.45. The van der Waals surface area contributed by atoms with Gasteiger partial charge in [0.15, 0.2) is 0 Å². The number of carboxylic acids is 2. The predicted molar refractivity (Wildman–Crippen MR) is 119 cm³/mol. The molecular formula is C22H33BrN2O4. The fourth-order valence-corrected chi connectivity index (χ4v) is 3.44. The minimum Gasteiger partial charge on any atom is -0.478 e. The van der Waals surface area contributed by atoms with Gasteiger partial charge in [0.2, 0.25) is 0 Å². The molecule has 0 aromatic heterocycles. The first-order chi connectivity index (χ1) is 13.6. The summed E-state index contributed by atoms with van der Waals surface area (Å²) in [5.74, 6) is -2.51. The van der Waals surface area contributed by atoms with Crippen molar-refractivity contribution in [1.29, 1.82) is 0 Å². The third kappa shape index (κ3) is 11.8. The van der Waals surface area contributed by atoms with Crippen molar-refractivity contribution in [2.75, 3.05) is 19.6 Å². The van der Waals surface area contributed by atoms with Crippen molar-refractivity contribution in [2.24, 2.45) is 5.41 Å². The molecule has 0 amide bonds. The number of nitrogens with one attached hydrogen (secondary N) is 1. The molecule has 162 valence electrons. The lowest BCUT2D eigenvalue weighted by Gasteiger charge is -2.36. The van der Waals surface area contributed by atoms with Crippen LogP contribution in [0.3, 0.4) is 0 Å². The van der Waals surface area contributed by atoms with Crippen LogP contribution in [0.5, 0.6) is 0 Å². The summed E-state index contributed by atoms with van der Waals surface area (Å²) in [5.41, 5.74) is 1.81. The van der Waals surface area contributed by atoms with Gasteiger partial charge in [0.05, 0.1) is 0 Å². The molecular weight excluding hydrogens is 436 g/mol. The van der Waals surface area contributed by atoms with E-state index in [9.17, 15) is 9.59 Å². The monoisotopic (exact) mass is 468 g/mol. The second kappa shape index (κ2) is 12.8. The summed E-state index contributed by atoms with van der Waals surface area (Å²) in [4.78, 5) is 21.8. The van der Waals surface area contributed by atoms with Crippen LogP contribution in [-0.4, -0.2) is 52.7 Å². The maximum atomic E-state index is 9.55. The Bertz CT molecular complexity index is 664. The quantitative estimate of drug-likeness (QED) is 0.520. The standard InChI is InChI=1S/C18H29BrN2.C4H4O4/c1-18(2,3)10-13-21(16-8-11-20-12-9-16)14-15-6-4-5-7-17(15)19;5-3(6)1-2-4(7)8/h4-7,16,20H,8-14H2,1-3H3;1-2H,(H,5,6)(H,7,8). The van der Waals surface area contributed by atoms with Crippen molar-refractivity contribution in [3.05, 3.63) is 46.5 Å². The van der Waals surface area contributed by atoms with Gasteiger partial charge in [-0.15, -0.1) is 0 Å². The van der Waals surface area contributed by atoms with Gasteiger partial charge >= 0.3 is 11.9 Å². The van der Waals surface area contributed by atoms with Crippen molar-refractivity contribution < 1.29 is 19.8 Å². The summed E-state index contributed by atoms with van der Waals surface area (Å²) in [6.07, 6.45) is 4.91. The number of halogens is 1. The molecule has 7 heteroatoms. The fourth-order valence-electron chi connectivity index (χ4n) is 3.03. The smallest absolute Gasteiger partial charge is 0.328 e. The van der Waals surface area contributed by atoms with E-state index in [4.69, 9.17) is 10.2 Å². The molecule has 1 aromatic rings. The number of nitrogens with zero attached hydrogens (tertiary/aromatic N) is 1. The van der Waals surface area contributed by atoms with E-state index < -0.39 is 11.9 Å². The average Bonchev–Trinajstić information content (AvgIpc) is 2.65. The van der Waals surface area contributed by atoms with Crippen LogP contribution in [0.25, 0.3) is 0 Å². The first-order valence-corrected chi connectivity index (χ1v) is 10.7. The first-order valence-electron chi connectivity index (χ1n) is 9.90. The molecule has 0 aliphatic carbocycles. The molecule has 1 heterocycles. The van der Waals surface area contributed by atoms with Gasteiger partial charge in [0.1, 0.15) is 0 Å². The maximum Gasteiger partial charge on any atom is 0.328 e. The number of rotatable bonds is 7. The van der Waals surface area contributed by atoms with Gasteiger partial charge in [-0.05, 0) is 55.9 Å². The van der Waals surface area contributed by atoms with Crippen molar-refractivity contribution in [3.63, 3.8) is 0 Å².